The minimum Gasteiger partial charge on any atom is -0.326 e. The number of nitrogens with two attached hydrogens (primary N) is 1. The van der Waals surface area contributed by atoms with Gasteiger partial charge in [-0.2, -0.15) is 0 Å². The van der Waals surface area contributed by atoms with Crippen LogP contribution < -0.4 is 10.5 Å². The van der Waals surface area contributed by atoms with Crippen LogP contribution in [-0.2, 0) is 28.9 Å². The van der Waals surface area contributed by atoms with Crippen molar-refractivity contribution >= 4 is 10.0 Å². The molecular formula is C15H19N3O2S. The molecule has 0 aliphatic rings. The molecule has 0 unspecified atom stereocenters. The Bertz CT molecular complexity index is 714. The summed E-state index contributed by atoms with van der Waals surface area (Å²) in [4.78, 5) is 4.18. The van der Waals surface area contributed by atoms with Gasteiger partial charge in [-0.25, -0.2) is 13.1 Å². The highest BCUT2D eigenvalue weighted by Crippen LogP contribution is 2.12. The van der Waals surface area contributed by atoms with E-state index in [-0.39, 0.29) is 12.3 Å². The van der Waals surface area contributed by atoms with Gasteiger partial charge in [-0.1, -0.05) is 30.3 Å². The van der Waals surface area contributed by atoms with Crippen molar-refractivity contribution < 1.29 is 8.42 Å². The summed E-state index contributed by atoms with van der Waals surface area (Å²) < 4.78 is 26.9. The predicted molar refractivity (Wildman–Crippen MR) is 82.8 cm³/mol. The van der Waals surface area contributed by atoms with E-state index in [0.717, 1.165) is 22.4 Å². The zero-order valence-corrected chi connectivity index (χ0v) is 12.7. The Morgan fingerprint density at radius 1 is 1.14 bits per heavy atom. The lowest BCUT2D eigenvalue weighted by Gasteiger charge is -2.10. The quantitative estimate of drug-likeness (QED) is 0.846. The molecule has 1 aromatic carbocycles. The summed E-state index contributed by atoms with van der Waals surface area (Å²) in [5.41, 5.74) is 8.89. The second kappa shape index (κ2) is 6.80. The van der Waals surface area contributed by atoms with E-state index < -0.39 is 10.0 Å². The van der Waals surface area contributed by atoms with Gasteiger partial charge < -0.3 is 5.73 Å². The Balaban J connectivity index is 2.07. The van der Waals surface area contributed by atoms with E-state index in [1.807, 2.05) is 37.3 Å². The Kier molecular flexibility index (Phi) is 5.06. The number of pyridine rings is 1. The maximum atomic E-state index is 12.2. The highest BCUT2D eigenvalue weighted by Gasteiger charge is 2.14. The molecule has 2 rings (SSSR count). The standard InChI is InChI=1S/C15H19N3O2S/c1-12-5-4-8-17-15(12)10-18-21(19,20)11-14-7-3-2-6-13(14)9-16/h2-8,18H,9-11,16H2,1H3. The fraction of sp³-hybridized carbons (Fsp3) is 0.267. The molecule has 2 aromatic rings. The molecular weight excluding hydrogens is 286 g/mol. The fourth-order valence-corrected chi connectivity index (χ4v) is 3.18. The van der Waals surface area contributed by atoms with Gasteiger partial charge in [-0.05, 0) is 29.7 Å². The van der Waals surface area contributed by atoms with Crippen molar-refractivity contribution in [3.05, 3.63) is 65.0 Å². The predicted octanol–water partition coefficient (Wildman–Crippen LogP) is 1.47. The molecule has 0 aliphatic carbocycles. The van der Waals surface area contributed by atoms with Gasteiger partial charge in [0, 0.05) is 12.7 Å². The number of nitrogens with zero attached hydrogens (tertiary/aromatic N) is 1. The van der Waals surface area contributed by atoms with E-state index in [0.29, 0.717) is 6.54 Å². The van der Waals surface area contributed by atoms with Crippen LogP contribution in [0.4, 0.5) is 0 Å². The molecule has 6 heteroatoms. The maximum Gasteiger partial charge on any atom is 0.216 e. The van der Waals surface area contributed by atoms with Gasteiger partial charge in [0.2, 0.25) is 10.0 Å². The van der Waals surface area contributed by atoms with Crippen molar-refractivity contribution in [2.24, 2.45) is 5.73 Å². The number of aryl methyl sites for hydroxylation is 1. The first-order chi connectivity index (χ1) is 10.0. The van der Waals surface area contributed by atoms with Crippen molar-refractivity contribution in [2.75, 3.05) is 0 Å². The summed E-state index contributed by atoms with van der Waals surface area (Å²) in [5.74, 6) is -0.0771. The monoisotopic (exact) mass is 305 g/mol. The third-order valence-corrected chi connectivity index (χ3v) is 4.54. The number of benzene rings is 1. The molecule has 0 amide bonds. The average Bonchev–Trinajstić information content (AvgIpc) is 2.47. The van der Waals surface area contributed by atoms with Crippen molar-refractivity contribution in [1.29, 1.82) is 0 Å². The Morgan fingerprint density at radius 3 is 2.52 bits per heavy atom. The number of hydrogen-bond acceptors (Lipinski definition) is 4. The first-order valence-electron chi connectivity index (χ1n) is 6.66. The lowest BCUT2D eigenvalue weighted by atomic mass is 10.1. The van der Waals surface area contributed by atoms with Gasteiger partial charge in [0.25, 0.3) is 0 Å². The summed E-state index contributed by atoms with van der Waals surface area (Å²) in [5, 5.41) is 0. The van der Waals surface area contributed by atoms with Crippen LogP contribution in [0.15, 0.2) is 42.6 Å². The molecule has 112 valence electrons. The van der Waals surface area contributed by atoms with E-state index >= 15 is 0 Å². The average molecular weight is 305 g/mol. The molecule has 0 aliphatic heterocycles. The zero-order valence-electron chi connectivity index (χ0n) is 11.9. The highest BCUT2D eigenvalue weighted by atomic mass is 32.2. The van der Waals surface area contributed by atoms with Crippen LogP contribution in [0.5, 0.6) is 0 Å². The highest BCUT2D eigenvalue weighted by molar-refractivity contribution is 7.88. The van der Waals surface area contributed by atoms with E-state index in [2.05, 4.69) is 9.71 Å². The number of hydrogen-bond donors (Lipinski definition) is 2. The molecule has 0 radical (unpaired) electrons. The van der Waals surface area contributed by atoms with E-state index in [1.54, 1.807) is 12.3 Å². The zero-order chi connectivity index (χ0) is 15.3. The normalized spacial score (nSPS) is 11.5. The van der Waals surface area contributed by atoms with E-state index in [9.17, 15) is 8.42 Å². The van der Waals surface area contributed by atoms with Gasteiger partial charge in [0.15, 0.2) is 0 Å². The second-order valence-corrected chi connectivity index (χ2v) is 6.63. The maximum absolute atomic E-state index is 12.2. The second-order valence-electron chi connectivity index (χ2n) is 4.82. The Morgan fingerprint density at radius 2 is 1.86 bits per heavy atom. The smallest absolute Gasteiger partial charge is 0.216 e. The molecule has 1 aromatic heterocycles. The van der Waals surface area contributed by atoms with Gasteiger partial charge in [-0.3, -0.25) is 4.98 Å². The summed E-state index contributed by atoms with van der Waals surface area (Å²) in [6, 6.07) is 11.0. The largest absolute Gasteiger partial charge is 0.326 e. The molecule has 0 fully saturated rings. The van der Waals surface area contributed by atoms with Crippen LogP contribution >= 0.6 is 0 Å². The van der Waals surface area contributed by atoms with Crippen LogP contribution in [0.3, 0.4) is 0 Å². The van der Waals surface area contributed by atoms with Gasteiger partial charge in [-0.15, -0.1) is 0 Å². The first kappa shape index (κ1) is 15.6. The number of aromatic nitrogens is 1. The van der Waals surface area contributed by atoms with Crippen molar-refractivity contribution in [1.82, 2.24) is 9.71 Å². The lowest BCUT2D eigenvalue weighted by Crippen LogP contribution is -2.26. The summed E-state index contributed by atoms with van der Waals surface area (Å²) in [6.45, 7) is 2.42. The van der Waals surface area contributed by atoms with Gasteiger partial charge in [0.1, 0.15) is 0 Å². The molecule has 1 heterocycles. The van der Waals surface area contributed by atoms with Crippen molar-refractivity contribution in [2.45, 2.75) is 25.8 Å². The van der Waals surface area contributed by atoms with Crippen molar-refractivity contribution in [3.8, 4) is 0 Å². The lowest BCUT2D eigenvalue weighted by molar-refractivity contribution is 0.579. The Hall–Kier alpha value is -1.76. The van der Waals surface area contributed by atoms with E-state index in [4.69, 9.17) is 5.73 Å². The molecule has 0 bridgehead atoms. The van der Waals surface area contributed by atoms with Crippen LogP contribution in [0.1, 0.15) is 22.4 Å². The SMILES string of the molecule is Cc1cccnc1CNS(=O)(=O)Cc1ccccc1CN. The Labute approximate surface area is 125 Å². The van der Waals surface area contributed by atoms with Crippen LogP contribution in [0.25, 0.3) is 0 Å². The minimum absolute atomic E-state index is 0.0771. The summed E-state index contributed by atoms with van der Waals surface area (Å²) >= 11 is 0. The topological polar surface area (TPSA) is 85.1 Å². The first-order valence-corrected chi connectivity index (χ1v) is 8.32. The van der Waals surface area contributed by atoms with E-state index in [1.165, 1.54) is 0 Å². The van der Waals surface area contributed by atoms with Crippen molar-refractivity contribution in [3.63, 3.8) is 0 Å². The molecule has 0 atom stereocenters. The third kappa shape index (κ3) is 4.35. The van der Waals surface area contributed by atoms with Crippen LogP contribution in [0.2, 0.25) is 0 Å². The molecule has 0 saturated heterocycles. The third-order valence-electron chi connectivity index (χ3n) is 3.26. The molecule has 3 N–H and O–H groups in total. The summed E-state index contributed by atoms with van der Waals surface area (Å²) in [7, 11) is -3.43. The van der Waals surface area contributed by atoms with Crippen LogP contribution in [-0.4, -0.2) is 13.4 Å². The van der Waals surface area contributed by atoms with Gasteiger partial charge in [0.05, 0.1) is 18.0 Å². The summed E-state index contributed by atoms with van der Waals surface area (Å²) in [6.07, 6.45) is 1.65. The molecule has 21 heavy (non-hydrogen) atoms. The minimum atomic E-state index is -3.43. The molecule has 0 saturated carbocycles. The molecule has 0 spiro atoms. The molecule has 5 nitrogen and oxygen atoms in total. The number of sulfonamides is 1. The number of rotatable bonds is 6. The van der Waals surface area contributed by atoms with Crippen LogP contribution in [0, 0.1) is 6.92 Å². The van der Waals surface area contributed by atoms with Gasteiger partial charge >= 0.3 is 0 Å². The fourth-order valence-electron chi connectivity index (χ4n) is 2.03. The number of nitrogens with one attached hydrogen (secondary N) is 1.